The second kappa shape index (κ2) is 4.98. The molecule has 2 nitrogen and oxygen atoms in total. The second-order valence-corrected chi connectivity index (χ2v) is 4.88. The molecule has 0 saturated carbocycles. The quantitative estimate of drug-likeness (QED) is 0.800. The van der Waals surface area contributed by atoms with Crippen molar-refractivity contribution in [3.05, 3.63) is 34.9 Å². The number of rotatable bonds is 2. The highest BCUT2D eigenvalue weighted by atomic mass is 16.3. The van der Waals surface area contributed by atoms with E-state index in [0.29, 0.717) is 12.0 Å². The highest BCUT2D eigenvalue weighted by Crippen LogP contribution is 2.31. The molecule has 2 heteroatoms. The Hall–Kier alpha value is -0.860. The van der Waals surface area contributed by atoms with E-state index in [9.17, 15) is 5.11 Å². The number of piperidine rings is 1. The molecule has 16 heavy (non-hydrogen) atoms. The van der Waals surface area contributed by atoms with E-state index in [1.165, 1.54) is 23.1 Å². The molecule has 1 aliphatic heterocycles. The molecular weight excluding hydrogens is 198 g/mol. The third-order valence-electron chi connectivity index (χ3n) is 3.58. The van der Waals surface area contributed by atoms with E-state index in [1.807, 2.05) is 0 Å². The van der Waals surface area contributed by atoms with Crippen LogP contribution in [-0.4, -0.2) is 18.3 Å². The number of benzene rings is 1. The van der Waals surface area contributed by atoms with Gasteiger partial charge < -0.3 is 10.4 Å². The Labute approximate surface area is 97.7 Å². The van der Waals surface area contributed by atoms with Crippen LogP contribution in [0, 0.1) is 19.8 Å². The molecule has 1 fully saturated rings. The lowest BCUT2D eigenvalue weighted by Crippen LogP contribution is -2.36. The molecule has 88 valence electrons. The van der Waals surface area contributed by atoms with Crippen molar-refractivity contribution in [3.63, 3.8) is 0 Å². The first-order valence-electron chi connectivity index (χ1n) is 6.13. The number of aliphatic hydroxyl groups is 1. The van der Waals surface area contributed by atoms with Crippen LogP contribution < -0.4 is 5.32 Å². The number of aliphatic hydroxyl groups excluding tert-OH is 1. The topological polar surface area (TPSA) is 32.3 Å². The second-order valence-electron chi connectivity index (χ2n) is 4.88. The highest BCUT2D eigenvalue weighted by Gasteiger charge is 2.26. The maximum absolute atomic E-state index is 9.43. The van der Waals surface area contributed by atoms with Crippen molar-refractivity contribution in [2.75, 3.05) is 13.2 Å². The minimum Gasteiger partial charge on any atom is -0.396 e. The first-order chi connectivity index (χ1) is 7.72. The van der Waals surface area contributed by atoms with Crippen molar-refractivity contribution >= 4 is 0 Å². The maximum atomic E-state index is 9.43. The highest BCUT2D eigenvalue weighted by molar-refractivity contribution is 5.33. The van der Waals surface area contributed by atoms with Crippen molar-refractivity contribution in [2.24, 2.45) is 5.92 Å². The molecule has 0 radical (unpaired) electrons. The molecule has 0 bridgehead atoms. The molecule has 1 heterocycles. The van der Waals surface area contributed by atoms with Crippen molar-refractivity contribution < 1.29 is 5.11 Å². The Balaban J connectivity index is 2.27. The van der Waals surface area contributed by atoms with Gasteiger partial charge in [-0.2, -0.15) is 0 Å². The lowest BCUT2D eigenvalue weighted by molar-refractivity contribution is 0.160. The van der Waals surface area contributed by atoms with Gasteiger partial charge in [0.25, 0.3) is 0 Å². The van der Waals surface area contributed by atoms with Crippen LogP contribution in [0.2, 0.25) is 0 Å². The number of nitrogens with one attached hydrogen (secondary N) is 1. The van der Waals surface area contributed by atoms with Gasteiger partial charge in [0.2, 0.25) is 0 Å². The van der Waals surface area contributed by atoms with Crippen LogP contribution >= 0.6 is 0 Å². The molecule has 1 aliphatic rings. The molecule has 0 spiro atoms. The van der Waals surface area contributed by atoms with Crippen LogP contribution in [0.4, 0.5) is 0 Å². The third kappa shape index (κ3) is 2.28. The minimum absolute atomic E-state index is 0.283. The van der Waals surface area contributed by atoms with Gasteiger partial charge in [0, 0.05) is 18.6 Å². The van der Waals surface area contributed by atoms with Crippen LogP contribution in [0.5, 0.6) is 0 Å². The molecule has 0 aromatic heterocycles. The summed E-state index contributed by atoms with van der Waals surface area (Å²) in [5.41, 5.74) is 3.99. The molecule has 1 aromatic carbocycles. The van der Waals surface area contributed by atoms with E-state index in [4.69, 9.17) is 0 Å². The monoisotopic (exact) mass is 219 g/mol. The largest absolute Gasteiger partial charge is 0.396 e. The van der Waals surface area contributed by atoms with Gasteiger partial charge in [0.1, 0.15) is 0 Å². The summed E-state index contributed by atoms with van der Waals surface area (Å²) in [7, 11) is 0. The molecule has 1 saturated heterocycles. The summed E-state index contributed by atoms with van der Waals surface area (Å²) in [5, 5.41) is 13.0. The fraction of sp³-hybridized carbons (Fsp3) is 0.571. The van der Waals surface area contributed by atoms with Crippen LogP contribution in [-0.2, 0) is 0 Å². The lowest BCUT2D eigenvalue weighted by atomic mass is 9.85. The Bertz CT molecular complexity index is 362. The summed E-state index contributed by atoms with van der Waals surface area (Å²) in [6.07, 6.45) is 2.30. The SMILES string of the molecule is Cc1ccc(C2NCCCC2CO)c(C)c1. The summed E-state index contributed by atoms with van der Waals surface area (Å²) in [6.45, 7) is 5.63. The molecule has 0 aliphatic carbocycles. The van der Waals surface area contributed by atoms with Crippen LogP contribution in [0.3, 0.4) is 0 Å². The summed E-state index contributed by atoms with van der Waals surface area (Å²) in [5.74, 6) is 0.371. The van der Waals surface area contributed by atoms with Gasteiger partial charge in [-0.15, -0.1) is 0 Å². The smallest absolute Gasteiger partial charge is 0.0477 e. The first-order valence-corrected chi connectivity index (χ1v) is 6.13. The maximum Gasteiger partial charge on any atom is 0.0477 e. The van der Waals surface area contributed by atoms with Gasteiger partial charge in [-0.1, -0.05) is 23.8 Å². The summed E-state index contributed by atoms with van der Waals surface area (Å²) < 4.78 is 0. The zero-order valence-corrected chi connectivity index (χ0v) is 10.2. The van der Waals surface area contributed by atoms with Gasteiger partial charge >= 0.3 is 0 Å². The van der Waals surface area contributed by atoms with Gasteiger partial charge in [0.15, 0.2) is 0 Å². The van der Waals surface area contributed by atoms with Crippen molar-refractivity contribution in [1.82, 2.24) is 5.32 Å². The summed E-state index contributed by atoms with van der Waals surface area (Å²) in [4.78, 5) is 0. The molecule has 0 amide bonds. The fourth-order valence-electron chi connectivity index (χ4n) is 2.69. The Morgan fingerprint density at radius 2 is 2.19 bits per heavy atom. The Morgan fingerprint density at radius 3 is 2.88 bits per heavy atom. The molecule has 1 aromatic rings. The van der Waals surface area contributed by atoms with Crippen LogP contribution in [0.1, 0.15) is 35.6 Å². The average Bonchev–Trinajstić information content (AvgIpc) is 2.29. The number of hydrogen-bond acceptors (Lipinski definition) is 2. The van der Waals surface area contributed by atoms with Crippen LogP contribution in [0.15, 0.2) is 18.2 Å². The van der Waals surface area contributed by atoms with Crippen molar-refractivity contribution in [2.45, 2.75) is 32.7 Å². The van der Waals surface area contributed by atoms with Crippen LogP contribution in [0.25, 0.3) is 0 Å². The van der Waals surface area contributed by atoms with E-state index >= 15 is 0 Å². The van der Waals surface area contributed by atoms with Gasteiger partial charge in [0.05, 0.1) is 0 Å². The normalized spacial score (nSPS) is 25.7. The number of aryl methyl sites for hydroxylation is 2. The van der Waals surface area contributed by atoms with E-state index in [0.717, 1.165) is 13.0 Å². The predicted molar refractivity (Wildman–Crippen MR) is 66.5 cm³/mol. The Kier molecular flexibility index (Phi) is 3.62. The molecule has 2 N–H and O–H groups in total. The molecular formula is C14H21NO. The molecule has 2 atom stereocenters. The van der Waals surface area contributed by atoms with Gasteiger partial charge in [-0.05, 0) is 44.4 Å². The zero-order chi connectivity index (χ0) is 11.5. The number of hydrogen-bond donors (Lipinski definition) is 2. The van der Waals surface area contributed by atoms with Gasteiger partial charge in [-0.25, -0.2) is 0 Å². The summed E-state index contributed by atoms with van der Waals surface area (Å²) in [6, 6.07) is 6.92. The zero-order valence-electron chi connectivity index (χ0n) is 10.2. The Morgan fingerprint density at radius 1 is 1.38 bits per heavy atom. The standard InChI is InChI=1S/C14H21NO/c1-10-5-6-13(11(2)8-10)14-12(9-16)4-3-7-15-14/h5-6,8,12,14-16H,3-4,7,9H2,1-2H3. The van der Waals surface area contributed by atoms with E-state index in [1.54, 1.807) is 0 Å². The van der Waals surface area contributed by atoms with Crippen molar-refractivity contribution in [3.8, 4) is 0 Å². The fourth-order valence-corrected chi connectivity index (χ4v) is 2.69. The molecule has 2 unspecified atom stereocenters. The van der Waals surface area contributed by atoms with Gasteiger partial charge in [-0.3, -0.25) is 0 Å². The first kappa shape index (κ1) is 11.6. The third-order valence-corrected chi connectivity index (χ3v) is 3.58. The summed E-state index contributed by atoms with van der Waals surface area (Å²) >= 11 is 0. The average molecular weight is 219 g/mol. The molecule has 2 rings (SSSR count). The van der Waals surface area contributed by atoms with E-state index < -0.39 is 0 Å². The van der Waals surface area contributed by atoms with E-state index in [2.05, 4.69) is 37.4 Å². The van der Waals surface area contributed by atoms with E-state index in [-0.39, 0.29) is 6.61 Å². The lowest BCUT2D eigenvalue weighted by Gasteiger charge is -2.32. The van der Waals surface area contributed by atoms with Crippen molar-refractivity contribution in [1.29, 1.82) is 0 Å². The predicted octanol–water partition coefficient (Wildman–Crippen LogP) is 2.34. The minimum atomic E-state index is 0.283.